The predicted octanol–water partition coefficient (Wildman–Crippen LogP) is 0.920. The lowest BCUT2D eigenvalue weighted by atomic mass is 9.96. The Labute approximate surface area is 106 Å². The van der Waals surface area contributed by atoms with Crippen molar-refractivity contribution in [2.75, 3.05) is 19.0 Å². The lowest BCUT2D eigenvalue weighted by Gasteiger charge is -2.25. The monoisotopic (exact) mass is 248 g/mol. The molecule has 18 heavy (non-hydrogen) atoms. The zero-order chi connectivity index (χ0) is 13.0. The number of nitrogens with one attached hydrogen (secondary N) is 2. The number of methoxy groups -OCH3 is 1. The highest BCUT2D eigenvalue weighted by atomic mass is 16.5. The molecule has 0 bridgehead atoms. The molecule has 5 heteroatoms. The number of carbonyl (C=O) groups is 2. The Kier molecular flexibility index (Phi) is 3.62. The molecule has 0 spiro atoms. The van der Waals surface area contributed by atoms with Crippen LogP contribution in [0.4, 0.5) is 5.69 Å². The van der Waals surface area contributed by atoms with Gasteiger partial charge in [-0.05, 0) is 31.5 Å². The van der Waals surface area contributed by atoms with Crippen LogP contribution < -0.4 is 10.6 Å². The summed E-state index contributed by atoms with van der Waals surface area (Å²) in [6.45, 7) is 0.636. The van der Waals surface area contributed by atoms with Crippen molar-refractivity contribution in [1.82, 2.24) is 5.32 Å². The molecule has 1 atom stereocenters. The number of hydrogen-bond donors (Lipinski definition) is 2. The van der Waals surface area contributed by atoms with Crippen LogP contribution in [0.2, 0.25) is 0 Å². The summed E-state index contributed by atoms with van der Waals surface area (Å²) < 4.78 is 4.73. The van der Waals surface area contributed by atoms with Gasteiger partial charge >= 0.3 is 5.97 Å². The molecule has 1 aromatic carbocycles. The standard InChI is InChI=1S/C13H16N2O3/c1-18-12(17)13(8-5-9-14-13)11(16)15-10-6-3-2-4-7-10/h2-4,6-7,14H,5,8-9H2,1H3,(H,15,16)/t13-/m1/s1. The van der Waals surface area contributed by atoms with Gasteiger partial charge in [0.2, 0.25) is 0 Å². The summed E-state index contributed by atoms with van der Waals surface area (Å²) in [5, 5.41) is 5.69. The molecule has 2 N–H and O–H groups in total. The first-order valence-corrected chi connectivity index (χ1v) is 5.89. The Morgan fingerprint density at radius 1 is 1.33 bits per heavy atom. The van der Waals surface area contributed by atoms with Crippen LogP contribution >= 0.6 is 0 Å². The minimum Gasteiger partial charge on any atom is -0.467 e. The number of amides is 1. The van der Waals surface area contributed by atoms with Crippen LogP contribution in [0.15, 0.2) is 30.3 Å². The van der Waals surface area contributed by atoms with Crippen molar-refractivity contribution in [3.05, 3.63) is 30.3 Å². The van der Waals surface area contributed by atoms with Gasteiger partial charge in [0.15, 0.2) is 5.54 Å². The zero-order valence-corrected chi connectivity index (χ0v) is 10.2. The van der Waals surface area contributed by atoms with Gasteiger partial charge in [-0.25, -0.2) is 4.79 Å². The number of para-hydroxylation sites is 1. The SMILES string of the molecule is COC(=O)[C@]1(C(=O)Nc2ccccc2)CCCN1. The molecule has 1 saturated heterocycles. The number of rotatable bonds is 3. The van der Waals surface area contributed by atoms with Crippen LogP contribution in [0, 0.1) is 0 Å². The highest BCUT2D eigenvalue weighted by Gasteiger charge is 2.49. The molecular weight excluding hydrogens is 232 g/mol. The molecule has 1 aromatic rings. The molecule has 1 heterocycles. The van der Waals surface area contributed by atoms with E-state index in [1.807, 2.05) is 18.2 Å². The molecule has 5 nitrogen and oxygen atoms in total. The van der Waals surface area contributed by atoms with Gasteiger partial charge in [-0.3, -0.25) is 10.1 Å². The van der Waals surface area contributed by atoms with E-state index in [1.165, 1.54) is 7.11 Å². The first-order valence-electron chi connectivity index (χ1n) is 5.89. The lowest BCUT2D eigenvalue weighted by molar-refractivity contribution is -0.151. The van der Waals surface area contributed by atoms with Gasteiger partial charge in [-0.15, -0.1) is 0 Å². The third-order valence-corrected chi connectivity index (χ3v) is 3.11. The Morgan fingerprint density at radius 3 is 2.61 bits per heavy atom. The van der Waals surface area contributed by atoms with Crippen molar-refractivity contribution in [3.8, 4) is 0 Å². The fraction of sp³-hybridized carbons (Fsp3) is 0.385. The second-order valence-corrected chi connectivity index (χ2v) is 4.25. The Bertz CT molecular complexity index is 439. The van der Waals surface area contributed by atoms with E-state index in [4.69, 9.17) is 4.74 Å². The summed E-state index contributed by atoms with van der Waals surface area (Å²) in [6, 6.07) is 9.06. The Hall–Kier alpha value is -1.88. The lowest BCUT2D eigenvalue weighted by Crippen LogP contribution is -2.57. The molecule has 96 valence electrons. The third kappa shape index (κ3) is 2.22. The molecule has 0 aromatic heterocycles. The average Bonchev–Trinajstić information content (AvgIpc) is 2.89. The fourth-order valence-corrected chi connectivity index (χ4v) is 2.14. The fourth-order valence-electron chi connectivity index (χ4n) is 2.14. The summed E-state index contributed by atoms with van der Waals surface area (Å²) in [6.07, 6.45) is 1.23. The van der Waals surface area contributed by atoms with Crippen LogP contribution in [-0.4, -0.2) is 31.1 Å². The number of hydrogen-bond acceptors (Lipinski definition) is 4. The van der Waals surface area contributed by atoms with Crippen LogP contribution in [0.25, 0.3) is 0 Å². The average molecular weight is 248 g/mol. The highest BCUT2D eigenvalue weighted by molar-refractivity contribution is 6.13. The number of esters is 1. The molecule has 1 amide bonds. The maximum Gasteiger partial charge on any atom is 0.335 e. The van der Waals surface area contributed by atoms with Crippen LogP contribution in [0.1, 0.15) is 12.8 Å². The van der Waals surface area contributed by atoms with Crippen LogP contribution in [-0.2, 0) is 14.3 Å². The van der Waals surface area contributed by atoms with Gasteiger partial charge in [-0.1, -0.05) is 18.2 Å². The van der Waals surface area contributed by atoms with Crippen LogP contribution in [0.3, 0.4) is 0 Å². The smallest absolute Gasteiger partial charge is 0.335 e. The van der Waals surface area contributed by atoms with Gasteiger partial charge in [0.05, 0.1) is 7.11 Å². The van der Waals surface area contributed by atoms with E-state index in [-0.39, 0.29) is 5.91 Å². The number of ether oxygens (including phenoxy) is 1. The van der Waals surface area contributed by atoms with Gasteiger partial charge < -0.3 is 10.1 Å². The normalized spacial score (nSPS) is 22.5. The molecule has 0 aliphatic carbocycles. The van der Waals surface area contributed by atoms with E-state index >= 15 is 0 Å². The van der Waals surface area contributed by atoms with E-state index in [0.717, 1.165) is 6.42 Å². The largest absolute Gasteiger partial charge is 0.467 e. The minimum atomic E-state index is -1.25. The van der Waals surface area contributed by atoms with Gasteiger partial charge in [0, 0.05) is 5.69 Å². The Balaban J connectivity index is 2.17. The second-order valence-electron chi connectivity index (χ2n) is 4.25. The summed E-state index contributed by atoms with van der Waals surface area (Å²) in [5.74, 6) is -0.897. The van der Waals surface area contributed by atoms with E-state index in [1.54, 1.807) is 12.1 Å². The second kappa shape index (κ2) is 5.18. The Morgan fingerprint density at radius 2 is 2.06 bits per heavy atom. The van der Waals surface area contributed by atoms with Crippen molar-refractivity contribution in [1.29, 1.82) is 0 Å². The van der Waals surface area contributed by atoms with Gasteiger partial charge in [-0.2, -0.15) is 0 Å². The summed E-state index contributed by atoms with van der Waals surface area (Å²) in [7, 11) is 1.29. The molecule has 1 fully saturated rings. The molecule has 2 rings (SSSR count). The van der Waals surface area contributed by atoms with Crippen LogP contribution in [0.5, 0.6) is 0 Å². The third-order valence-electron chi connectivity index (χ3n) is 3.11. The topological polar surface area (TPSA) is 67.4 Å². The molecular formula is C13H16N2O3. The van der Waals surface area contributed by atoms with E-state index < -0.39 is 11.5 Å². The van der Waals surface area contributed by atoms with Crippen molar-refractivity contribution >= 4 is 17.6 Å². The summed E-state index contributed by atoms with van der Waals surface area (Å²) in [5.41, 5.74) is -0.579. The maximum atomic E-state index is 12.3. The zero-order valence-electron chi connectivity index (χ0n) is 10.2. The number of anilines is 1. The van der Waals surface area contributed by atoms with Gasteiger partial charge in [0.25, 0.3) is 5.91 Å². The molecule has 0 saturated carbocycles. The maximum absolute atomic E-state index is 12.3. The quantitative estimate of drug-likeness (QED) is 0.616. The van der Waals surface area contributed by atoms with Crippen molar-refractivity contribution in [2.24, 2.45) is 0 Å². The number of benzene rings is 1. The molecule has 0 radical (unpaired) electrons. The summed E-state index contributed by atoms with van der Waals surface area (Å²) >= 11 is 0. The highest BCUT2D eigenvalue weighted by Crippen LogP contribution is 2.23. The number of carbonyl (C=O) groups excluding carboxylic acids is 2. The first kappa shape index (κ1) is 12.6. The predicted molar refractivity (Wildman–Crippen MR) is 67.1 cm³/mol. The minimum absolute atomic E-state index is 0.363. The van der Waals surface area contributed by atoms with E-state index in [0.29, 0.717) is 18.7 Å². The molecule has 1 aliphatic heterocycles. The van der Waals surface area contributed by atoms with Crippen molar-refractivity contribution < 1.29 is 14.3 Å². The first-order chi connectivity index (χ1) is 8.69. The van der Waals surface area contributed by atoms with Crippen molar-refractivity contribution in [3.63, 3.8) is 0 Å². The molecule has 1 aliphatic rings. The van der Waals surface area contributed by atoms with Gasteiger partial charge in [0.1, 0.15) is 0 Å². The molecule has 0 unspecified atom stereocenters. The summed E-state index contributed by atoms with van der Waals surface area (Å²) in [4.78, 5) is 24.1. The van der Waals surface area contributed by atoms with E-state index in [2.05, 4.69) is 10.6 Å². The van der Waals surface area contributed by atoms with E-state index in [9.17, 15) is 9.59 Å². The van der Waals surface area contributed by atoms with Crippen molar-refractivity contribution in [2.45, 2.75) is 18.4 Å².